The molecule has 1 aliphatic heterocycles. The first-order valence-corrected chi connectivity index (χ1v) is 15.3. The lowest BCUT2D eigenvalue weighted by molar-refractivity contribution is -0.246. The molecule has 1 fully saturated rings. The van der Waals surface area contributed by atoms with Crippen molar-refractivity contribution >= 4 is 23.6 Å². The van der Waals surface area contributed by atoms with Crippen molar-refractivity contribution in [2.75, 3.05) is 73.9 Å². The maximum Gasteiger partial charge on any atom is 0.242 e. The van der Waals surface area contributed by atoms with E-state index in [1.165, 1.54) is 41.1 Å². The Bertz CT molecular complexity index is 885. The van der Waals surface area contributed by atoms with E-state index in [9.17, 15) is 24.4 Å². The van der Waals surface area contributed by atoms with Gasteiger partial charge in [0.2, 0.25) is 23.6 Å². The third-order valence-corrected chi connectivity index (χ3v) is 7.58. The van der Waals surface area contributed by atoms with Crippen LogP contribution < -0.4 is 11.1 Å². The summed E-state index contributed by atoms with van der Waals surface area (Å²) in [6, 6.07) is -0.903. The van der Waals surface area contributed by atoms with E-state index >= 15 is 0 Å². The quantitative estimate of drug-likeness (QED) is 0.196. The average molecular weight is 633 g/mol. The number of nitrogens with one attached hydrogen (secondary N) is 1. The number of rotatable bonds is 18. The fourth-order valence-corrected chi connectivity index (χ4v) is 5.55. The van der Waals surface area contributed by atoms with Gasteiger partial charge in [-0.05, 0) is 54.4 Å². The summed E-state index contributed by atoms with van der Waals surface area (Å²) in [7, 11) is 4.48. The molecule has 0 radical (unpaired) electrons. The van der Waals surface area contributed by atoms with Gasteiger partial charge >= 0.3 is 0 Å². The van der Waals surface area contributed by atoms with Gasteiger partial charge in [0.1, 0.15) is 6.54 Å². The standard InChI is InChI=1S/C28H54N6O8.C2H6/c1-20(18-41-8)32(15-23(29)35)26(38)16-31(10-11-40-7)25(37)17-33(21(2)19-42-9)24(36)14-30-22-12-27(3,4)34(39)28(5,6)13-22;1-2/h20-22,30,39H,10-19H2,1-9H3,(H2,29,35);1-2H3/t20-,21?;/m0./s1. The molecular formula is C30H60N6O8. The highest BCUT2D eigenvalue weighted by Gasteiger charge is 2.45. The van der Waals surface area contributed by atoms with Crippen molar-refractivity contribution in [3.05, 3.63) is 0 Å². The van der Waals surface area contributed by atoms with Gasteiger partial charge in [-0.25, -0.2) is 0 Å². The summed E-state index contributed by atoms with van der Waals surface area (Å²) in [5.74, 6) is -1.91. The van der Waals surface area contributed by atoms with Crippen LogP contribution in [-0.4, -0.2) is 152 Å². The van der Waals surface area contributed by atoms with Crippen molar-refractivity contribution in [1.82, 2.24) is 25.1 Å². The average Bonchev–Trinajstić information content (AvgIpc) is 2.94. The lowest BCUT2D eigenvalue weighted by Gasteiger charge is -2.51. The highest BCUT2D eigenvalue weighted by atomic mass is 16.5. The lowest BCUT2D eigenvalue weighted by atomic mass is 9.79. The molecule has 258 valence electrons. The van der Waals surface area contributed by atoms with Crippen molar-refractivity contribution in [2.45, 2.75) is 97.4 Å². The van der Waals surface area contributed by atoms with Crippen LogP contribution in [0.15, 0.2) is 0 Å². The van der Waals surface area contributed by atoms with Gasteiger partial charge in [0.15, 0.2) is 0 Å². The van der Waals surface area contributed by atoms with Gasteiger partial charge in [-0.2, -0.15) is 5.06 Å². The predicted octanol–water partition coefficient (Wildman–Crippen LogP) is 0.700. The monoisotopic (exact) mass is 632 g/mol. The summed E-state index contributed by atoms with van der Waals surface area (Å²) in [6.07, 6.45) is 1.26. The Hall–Kier alpha value is -2.36. The Labute approximate surface area is 264 Å². The number of hydroxylamine groups is 2. The minimum absolute atomic E-state index is 0.0124. The predicted molar refractivity (Wildman–Crippen MR) is 168 cm³/mol. The molecule has 0 aliphatic carbocycles. The Morgan fingerprint density at radius 2 is 1.32 bits per heavy atom. The van der Waals surface area contributed by atoms with E-state index < -0.39 is 40.9 Å². The van der Waals surface area contributed by atoms with Crippen LogP contribution in [0, 0.1) is 0 Å². The van der Waals surface area contributed by atoms with E-state index in [-0.39, 0.29) is 64.5 Å². The molecule has 1 rings (SSSR count). The second-order valence-electron chi connectivity index (χ2n) is 12.3. The van der Waals surface area contributed by atoms with Crippen LogP contribution >= 0.6 is 0 Å². The number of piperidine rings is 1. The van der Waals surface area contributed by atoms with Crippen LogP contribution in [0.1, 0.15) is 68.2 Å². The number of nitrogens with zero attached hydrogens (tertiary/aromatic N) is 4. The van der Waals surface area contributed by atoms with E-state index in [4.69, 9.17) is 19.9 Å². The number of primary amides is 1. The van der Waals surface area contributed by atoms with Crippen LogP contribution in [0.2, 0.25) is 0 Å². The minimum Gasteiger partial charge on any atom is -0.383 e. The topological polar surface area (TPSA) is 167 Å². The van der Waals surface area contributed by atoms with Crippen molar-refractivity contribution in [1.29, 1.82) is 0 Å². The third kappa shape index (κ3) is 13.3. The molecule has 0 aromatic carbocycles. The molecule has 44 heavy (non-hydrogen) atoms. The second kappa shape index (κ2) is 19.9. The summed E-state index contributed by atoms with van der Waals surface area (Å²) >= 11 is 0. The van der Waals surface area contributed by atoms with Crippen molar-refractivity contribution in [2.24, 2.45) is 5.73 Å². The Kier molecular flexibility index (Phi) is 18.8. The molecular weight excluding hydrogens is 572 g/mol. The van der Waals surface area contributed by atoms with E-state index in [1.54, 1.807) is 13.8 Å². The summed E-state index contributed by atoms with van der Waals surface area (Å²) < 4.78 is 15.6. The normalized spacial score (nSPS) is 17.5. The number of hydrogen-bond acceptors (Lipinski definition) is 10. The summed E-state index contributed by atoms with van der Waals surface area (Å²) in [6.45, 7) is 15.0. The molecule has 0 spiro atoms. The number of carbonyl (C=O) groups excluding carboxylic acids is 4. The minimum atomic E-state index is -0.685. The molecule has 2 atom stereocenters. The fraction of sp³-hybridized carbons (Fsp3) is 0.867. The zero-order valence-electron chi connectivity index (χ0n) is 29.0. The molecule has 4 amide bonds. The van der Waals surface area contributed by atoms with Crippen LogP contribution in [0.3, 0.4) is 0 Å². The van der Waals surface area contributed by atoms with Crippen molar-refractivity contribution in [3.63, 3.8) is 0 Å². The molecule has 0 aromatic rings. The second-order valence-corrected chi connectivity index (χ2v) is 12.3. The number of ether oxygens (including phenoxy) is 3. The summed E-state index contributed by atoms with van der Waals surface area (Å²) in [5.41, 5.74) is 4.39. The first-order valence-electron chi connectivity index (χ1n) is 15.3. The van der Waals surface area contributed by atoms with Gasteiger partial charge in [0.25, 0.3) is 0 Å². The molecule has 1 saturated heterocycles. The smallest absolute Gasteiger partial charge is 0.242 e. The largest absolute Gasteiger partial charge is 0.383 e. The Morgan fingerprint density at radius 1 is 0.841 bits per heavy atom. The summed E-state index contributed by atoms with van der Waals surface area (Å²) in [5, 5.41) is 15.3. The molecule has 1 heterocycles. The van der Waals surface area contributed by atoms with Crippen LogP contribution in [0.4, 0.5) is 0 Å². The van der Waals surface area contributed by atoms with Crippen molar-refractivity contribution in [3.8, 4) is 0 Å². The maximum absolute atomic E-state index is 13.6. The van der Waals surface area contributed by atoms with Crippen LogP contribution in [0.5, 0.6) is 0 Å². The van der Waals surface area contributed by atoms with E-state index in [2.05, 4.69) is 5.32 Å². The maximum atomic E-state index is 13.6. The van der Waals surface area contributed by atoms with Crippen LogP contribution in [0.25, 0.3) is 0 Å². The molecule has 1 unspecified atom stereocenters. The highest BCUT2D eigenvalue weighted by molar-refractivity contribution is 5.90. The van der Waals surface area contributed by atoms with Gasteiger partial charge < -0.3 is 45.2 Å². The zero-order chi connectivity index (χ0) is 34.3. The number of hydrogen-bond donors (Lipinski definition) is 3. The molecule has 0 aromatic heterocycles. The van der Waals surface area contributed by atoms with Gasteiger partial charge in [0, 0.05) is 45.0 Å². The lowest BCUT2D eigenvalue weighted by Crippen LogP contribution is -2.63. The summed E-state index contributed by atoms with van der Waals surface area (Å²) in [4.78, 5) is 55.9. The number of carbonyl (C=O) groups is 4. The molecule has 14 heteroatoms. The number of nitrogens with two attached hydrogens (primary N) is 1. The van der Waals surface area contributed by atoms with Crippen LogP contribution in [-0.2, 0) is 33.4 Å². The Morgan fingerprint density at radius 3 is 1.75 bits per heavy atom. The molecule has 0 bridgehead atoms. The molecule has 1 aliphatic rings. The van der Waals surface area contributed by atoms with Crippen molar-refractivity contribution < 1.29 is 38.6 Å². The zero-order valence-corrected chi connectivity index (χ0v) is 29.0. The van der Waals surface area contributed by atoms with Gasteiger partial charge in [0.05, 0.1) is 51.5 Å². The van der Waals surface area contributed by atoms with Gasteiger partial charge in [-0.3, -0.25) is 19.2 Å². The molecule has 4 N–H and O–H groups in total. The van der Waals surface area contributed by atoms with Gasteiger partial charge in [-0.15, -0.1) is 0 Å². The molecule has 0 saturated carbocycles. The van der Waals surface area contributed by atoms with E-state index in [1.807, 2.05) is 41.5 Å². The fourth-order valence-electron chi connectivity index (χ4n) is 5.55. The van der Waals surface area contributed by atoms with Gasteiger partial charge in [-0.1, -0.05) is 13.8 Å². The van der Waals surface area contributed by atoms with E-state index in [0.717, 1.165) is 0 Å². The van der Waals surface area contributed by atoms with E-state index in [0.29, 0.717) is 12.8 Å². The third-order valence-electron chi connectivity index (χ3n) is 7.58. The SMILES string of the molecule is CC.COCCN(CC(=O)N(CC(N)=O)[C@@H](C)COC)C(=O)CN(C(=O)CNC1CC(C)(C)N(O)C(C)(C)C1)C(C)COC. The molecule has 14 nitrogen and oxygen atoms in total. The number of amides is 4. The number of methoxy groups -OCH3 is 3. The first kappa shape index (κ1) is 41.6. The highest BCUT2D eigenvalue weighted by Crippen LogP contribution is 2.36. The Balaban J connectivity index is 0.00000904. The first-order chi connectivity index (χ1) is 20.5.